The maximum absolute atomic E-state index is 11.8. The van der Waals surface area contributed by atoms with Gasteiger partial charge in [0, 0.05) is 12.0 Å². The van der Waals surface area contributed by atoms with Crippen LogP contribution in [0.15, 0.2) is 42.6 Å². The van der Waals surface area contributed by atoms with E-state index in [9.17, 15) is 9.59 Å². The second-order valence-corrected chi connectivity index (χ2v) is 4.79. The van der Waals surface area contributed by atoms with Gasteiger partial charge in [-0.15, -0.1) is 0 Å². The van der Waals surface area contributed by atoms with Crippen molar-refractivity contribution in [2.24, 2.45) is 0 Å². The standard InChI is InChI=1S/C15H13N3O3/c19-14-12(18-15(20)21)7-10-6-11(16-8-13(10)17-14)9-4-2-1-3-5-9/h1-6,8,12,18H,7H2,(H,17,19)(H,20,21). The minimum atomic E-state index is -1.21. The van der Waals surface area contributed by atoms with Crippen molar-refractivity contribution in [3.63, 3.8) is 0 Å². The van der Waals surface area contributed by atoms with E-state index >= 15 is 0 Å². The molecule has 1 aliphatic rings. The maximum atomic E-state index is 11.8. The molecule has 106 valence electrons. The average molecular weight is 283 g/mol. The van der Waals surface area contributed by atoms with E-state index in [1.165, 1.54) is 0 Å². The van der Waals surface area contributed by atoms with Crippen molar-refractivity contribution in [1.29, 1.82) is 0 Å². The van der Waals surface area contributed by atoms with E-state index in [0.717, 1.165) is 16.8 Å². The van der Waals surface area contributed by atoms with Gasteiger partial charge in [-0.1, -0.05) is 30.3 Å². The average Bonchev–Trinajstić information content (AvgIpc) is 2.48. The Morgan fingerprint density at radius 2 is 2.10 bits per heavy atom. The van der Waals surface area contributed by atoms with E-state index in [4.69, 9.17) is 5.11 Å². The summed E-state index contributed by atoms with van der Waals surface area (Å²) in [6.07, 6.45) is 0.707. The van der Waals surface area contributed by atoms with Gasteiger partial charge < -0.3 is 15.7 Å². The molecule has 3 N–H and O–H groups in total. The number of carbonyl (C=O) groups is 2. The monoisotopic (exact) mass is 283 g/mol. The maximum Gasteiger partial charge on any atom is 0.405 e. The molecule has 21 heavy (non-hydrogen) atoms. The fraction of sp³-hybridized carbons (Fsp3) is 0.133. The van der Waals surface area contributed by atoms with Crippen molar-refractivity contribution < 1.29 is 14.7 Å². The molecule has 0 spiro atoms. The molecule has 0 fully saturated rings. The number of nitrogens with zero attached hydrogens (tertiary/aromatic N) is 1. The lowest BCUT2D eigenvalue weighted by atomic mass is 9.98. The van der Waals surface area contributed by atoms with Crippen LogP contribution in [0.25, 0.3) is 11.3 Å². The first-order chi connectivity index (χ1) is 10.1. The number of carbonyl (C=O) groups excluding carboxylic acids is 1. The highest BCUT2D eigenvalue weighted by Crippen LogP contribution is 2.26. The van der Waals surface area contributed by atoms with E-state index < -0.39 is 12.1 Å². The van der Waals surface area contributed by atoms with Crippen LogP contribution in [0.4, 0.5) is 10.5 Å². The molecule has 0 saturated carbocycles. The van der Waals surface area contributed by atoms with Crippen LogP contribution in [0, 0.1) is 0 Å². The third-order valence-electron chi connectivity index (χ3n) is 3.36. The highest BCUT2D eigenvalue weighted by Gasteiger charge is 2.27. The lowest BCUT2D eigenvalue weighted by Gasteiger charge is -2.24. The van der Waals surface area contributed by atoms with E-state index in [-0.39, 0.29) is 5.91 Å². The van der Waals surface area contributed by atoms with Gasteiger partial charge in [0.15, 0.2) is 0 Å². The van der Waals surface area contributed by atoms with Crippen molar-refractivity contribution in [1.82, 2.24) is 10.3 Å². The minimum Gasteiger partial charge on any atom is -0.465 e. The molecule has 2 heterocycles. The van der Waals surface area contributed by atoms with Gasteiger partial charge in [-0.05, 0) is 11.6 Å². The first kappa shape index (κ1) is 13.1. The Hall–Kier alpha value is -2.89. The summed E-state index contributed by atoms with van der Waals surface area (Å²) in [7, 11) is 0. The zero-order valence-corrected chi connectivity index (χ0v) is 11.0. The zero-order valence-electron chi connectivity index (χ0n) is 11.0. The van der Waals surface area contributed by atoms with Crippen LogP contribution in [-0.2, 0) is 11.2 Å². The second kappa shape index (κ2) is 5.24. The predicted molar refractivity (Wildman–Crippen MR) is 77.0 cm³/mol. The number of anilines is 1. The van der Waals surface area contributed by atoms with Gasteiger partial charge in [0.1, 0.15) is 6.04 Å². The van der Waals surface area contributed by atoms with Gasteiger partial charge in [-0.25, -0.2) is 4.79 Å². The molecule has 1 atom stereocenters. The van der Waals surface area contributed by atoms with Crippen molar-refractivity contribution in [3.05, 3.63) is 48.2 Å². The first-order valence-corrected chi connectivity index (χ1v) is 6.48. The molecule has 0 radical (unpaired) electrons. The number of amides is 2. The van der Waals surface area contributed by atoms with Crippen molar-refractivity contribution in [2.45, 2.75) is 12.5 Å². The van der Waals surface area contributed by atoms with E-state index in [1.807, 2.05) is 36.4 Å². The number of rotatable bonds is 2. The smallest absolute Gasteiger partial charge is 0.405 e. The number of pyridine rings is 1. The van der Waals surface area contributed by atoms with E-state index in [1.54, 1.807) is 6.20 Å². The molecule has 1 unspecified atom stereocenters. The summed E-state index contributed by atoms with van der Waals surface area (Å²) in [4.78, 5) is 26.8. The van der Waals surface area contributed by atoms with Crippen LogP contribution >= 0.6 is 0 Å². The lowest BCUT2D eigenvalue weighted by Crippen LogP contribution is -2.47. The molecule has 0 aliphatic carbocycles. The highest BCUT2D eigenvalue weighted by molar-refractivity contribution is 5.99. The summed E-state index contributed by atoms with van der Waals surface area (Å²) in [5.41, 5.74) is 3.25. The van der Waals surface area contributed by atoms with Crippen LogP contribution in [0.3, 0.4) is 0 Å². The minimum absolute atomic E-state index is 0.315. The molecule has 0 bridgehead atoms. The van der Waals surface area contributed by atoms with Crippen LogP contribution in [0.2, 0.25) is 0 Å². The van der Waals surface area contributed by atoms with Crippen molar-refractivity contribution >= 4 is 17.7 Å². The lowest BCUT2D eigenvalue weighted by molar-refractivity contribution is -0.118. The topological polar surface area (TPSA) is 91.3 Å². The Morgan fingerprint density at radius 1 is 1.33 bits per heavy atom. The van der Waals surface area contributed by atoms with Crippen molar-refractivity contribution in [2.75, 3.05) is 5.32 Å². The fourth-order valence-corrected chi connectivity index (χ4v) is 2.34. The Morgan fingerprint density at radius 3 is 2.81 bits per heavy atom. The highest BCUT2D eigenvalue weighted by atomic mass is 16.4. The summed E-state index contributed by atoms with van der Waals surface area (Å²) in [6, 6.07) is 10.8. The summed E-state index contributed by atoms with van der Waals surface area (Å²) in [6.45, 7) is 0. The van der Waals surface area contributed by atoms with Crippen LogP contribution < -0.4 is 10.6 Å². The summed E-state index contributed by atoms with van der Waals surface area (Å²) < 4.78 is 0. The molecule has 2 amide bonds. The molecule has 1 aliphatic heterocycles. The second-order valence-electron chi connectivity index (χ2n) is 4.79. The number of carboxylic acid groups (broad SMARTS) is 1. The quantitative estimate of drug-likeness (QED) is 0.784. The zero-order chi connectivity index (χ0) is 14.8. The van der Waals surface area contributed by atoms with Gasteiger partial charge in [0.25, 0.3) is 0 Å². The molecular formula is C15H13N3O3. The Bertz CT molecular complexity index is 701. The first-order valence-electron chi connectivity index (χ1n) is 6.48. The molecule has 3 rings (SSSR count). The van der Waals surface area contributed by atoms with Crippen molar-refractivity contribution in [3.8, 4) is 11.3 Å². The third-order valence-corrected chi connectivity index (χ3v) is 3.36. The van der Waals surface area contributed by atoms with E-state index in [0.29, 0.717) is 12.1 Å². The molecule has 1 aromatic carbocycles. The van der Waals surface area contributed by atoms with Crippen LogP contribution in [-0.4, -0.2) is 28.1 Å². The molecule has 6 heteroatoms. The number of nitrogens with one attached hydrogen (secondary N) is 2. The fourth-order valence-electron chi connectivity index (χ4n) is 2.34. The third kappa shape index (κ3) is 2.69. The molecular weight excluding hydrogens is 270 g/mol. The normalized spacial score (nSPS) is 16.8. The largest absolute Gasteiger partial charge is 0.465 e. The van der Waals surface area contributed by atoms with Gasteiger partial charge >= 0.3 is 6.09 Å². The van der Waals surface area contributed by atoms with Crippen LogP contribution in [0.5, 0.6) is 0 Å². The molecule has 2 aromatic rings. The van der Waals surface area contributed by atoms with Gasteiger partial charge in [-0.2, -0.15) is 0 Å². The van der Waals surface area contributed by atoms with Gasteiger partial charge in [0.2, 0.25) is 5.91 Å². The summed E-state index contributed by atoms with van der Waals surface area (Å²) in [5, 5.41) is 13.6. The Labute approximate surface area is 120 Å². The van der Waals surface area contributed by atoms with Gasteiger partial charge in [-0.3, -0.25) is 9.78 Å². The predicted octanol–water partition coefficient (Wildman–Crippen LogP) is 1.88. The number of benzene rings is 1. The Balaban J connectivity index is 1.92. The van der Waals surface area contributed by atoms with Gasteiger partial charge in [0.05, 0.1) is 17.6 Å². The number of hydrogen-bond donors (Lipinski definition) is 3. The van der Waals surface area contributed by atoms with E-state index in [2.05, 4.69) is 15.6 Å². The molecule has 6 nitrogen and oxygen atoms in total. The Kier molecular flexibility index (Phi) is 3.27. The number of hydrogen-bond acceptors (Lipinski definition) is 3. The number of fused-ring (bicyclic) bond motifs is 1. The summed E-state index contributed by atoms with van der Waals surface area (Å²) >= 11 is 0. The summed E-state index contributed by atoms with van der Waals surface area (Å²) in [5.74, 6) is -0.362. The molecule has 1 aromatic heterocycles. The van der Waals surface area contributed by atoms with Crippen LogP contribution in [0.1, 0.15) is 5.56 Å². The molecule has 0 saturated heterocycles. The number of aromatic nitrogens is 1. The SMILES string of the molecule is O=C(O)NC1Cc2cc(-c3ccccc3)ncc2NC1=O.